The zero-order valence-corrected chi connectivity index (χ0v) is 9.75. The number of nitrogens with zero attached hydrogens (tertiary/aromatic N) is 1. The third kappa shape index (κ3) is 2.11. The molecule has 1 aliphatic heterocycles. The first kappa shape index (κ1) is 12.2. The summed E-state index contributed by atoms with van der Waals surface area (Å²) in [5.74, 6) is -0.0303. The van der Waals surface area contributed by atoms with Gasteiger partial charge in [0.25, 0.3) is 0 Å². The molecule has 0 radical (unpaired) electrons. The van der Waals surface area contributed by atoms with Crippen LogP contribution in [-0.2, 0) is 6.18 Å². The number of halogens is 3. The van der Waals surface area contributed by atoms with E-state index in [4.69, 9.17) is 5.73 Å². The zero-order valence-electron chi connectivity index (χ0n) is 9.75. The fourth-order valence-electron chi connectivity index (χ4n) is 2.32. The number of alkyl halides is 3. The van der Waals surface area contributed by atoms with Gasteiger partial charge < -0.3 is 10.6 Å². The number of hydrogen-bond donors (Lipinski definition) is 1. The minimum atomic E-state index is -4.29. The monoisotopic (exact) mass is 244 g/mol. The standard InChI is InChI=1S/C12H15F3N2/c1-7(16)10-6-17(2)11-4-3-8(5-9(10)11)12(13,14)15/h3-5,7,10H,6,16H2,1-2H3. The first-order valence-electron chi connectivity index (χ1n) is 5.48. The Morgan fingerprint density at radius 1 is 1.41 bits per heavy atom. The highest BCUT2D eigenvalue weighted by molar-refractivity contribution is 5.61. The van der Waals surface area contributed by atoms with Crippen LogP contribution in [0.4, 0.5) is 18.9 Å². The molecule has 0 spiro atoms. The fourth-order valence-corrected chi connectivity index (χ4v) is 2.32. The molecule has 2 rings (SSSR count). The molecule has 0 aromatic heterocycles. The van der Waals surface area contributed by atoms with E-state index in [1.807, 2.05) is 18.9 Å². The van der Waals surface area contributed by atoms with Crippen molar-refractivity contribution < 1.29 is 13.2 Å². The van der Waals surface area contributed by atoms with Gasteiger partial charge in [-0.1, -0.05) is 0 Å². The van der Waals surface area contributed by atoms with Crippen LogP contribution in [0.5, 0.6) is 0 Å². The molecule has 2 nitrogen and oxygen atoms in total. The second kappa shape index (κ2) is 3.91. The minimum Gasteiger partial charge on any atom is -0.374 e. The predicted octanol–water partition coefficient (Wildman–Crippen LogP) is 2.59. The van der Waals surface area contributed by atoms with Crippen LogP contribution in [0.3, 0.4) is 0 Å². The van der Waals surface area contributed by atoms with Gasteiger partial charge in [-0.2, -0.15) is 13.2 Å². The van der Waals surface area contributed by atoms with Crippen LogP contribution in [0.25, 0.3) is 0 Å². The summed E-state index contributed by atoms with van der Waals surface area (Å²) >= 11 is 0. The summed E-state index contributed by atoms with van der Waals surface area (Å²) in [6.07, 6.45) is -4.29. The first-order chi connectivity index (χ1) is 7.80. The number of hydrogen-bond acceptors (Lipinski definition) is 2. The molecule has 2 N–H and O–H groups in total. The van der Waals surface area contributed by atoms with Gasteiger partial charge in [0.1, 0.15) is 0 Å². The number of benzene rings is 1. The Morgan fingerprint density at radius 3 is 2.59 bits per heavy atom. The number of rotatable bonds is 1. The number of fused-ring (bicyclic) bond motifs is 1. The lowest BCUT2D eigenvalue weighted by atomic mass is 9.93. The van der Waals surface area contributed by atoms with Crippen molar-refractivity contribution in [2.24, 2.45) is 5.73 Å². The van der Waals surface area contributed by atoms with Crippen molar-refractivity contribution in [2.75, 3.05) is 18.5 Å². The molecule has 5 heteroatoms. The zero-order chi connectivity index (χ0) is 12.8. The van der Waals surface area contributed by atoms with E-state index in [1.165, 1.54) is 12.1 Å². The van der Waals surface area contributed by atoms with Crippen molar-refractivity contribution in [3.8, 4) is 0 Å². The summed E-state index contributed by atoms with van der Waals surface area (Å²) in [7, 11) is 1.87. The molecule has 0 saturated heterocycles. The van der Waals surface area contributed by atoms with Crippen LogP contribution >= 0.6 is 0 Å². The molecular weight excluding hydrogens is 229 g/mol. The summed E-state index contributed by atoms with van der Waals surface area (Å²) in [6, 6.07) is 3.73. The van der Waals surface area contributed by atoms with Gasteiger partial charge >= 0.3 is 6.18 Å². The lowest BCUT2D eigenvalue weighted by Gasteiger charge is -2.16. The number of anilines is 1. The van der Waals surface area contributed by atoms with Gasteiger partial charge in [0, 0.05) is 31.2 Å². The van der Waals surface area contributed by atoms with Crippen LogP contribution in [-0.4, -0.2) is 19.6 Å². The second-order valence-electron chi connectivity index (χ2n) is 4.62. The number of likely N-dealkylation sites (N-methyl/N-ethyl adjacent to an activating group) is 1. The quantitative estimate of drug-likeness (QED) is 0.822. The van der Waals surface area contributed by atoms with E-state index in [1.54, 1.807) is 0 Å². The molecule has 1 aliphatic rings. The van der Waals surface area contributed by atoms with Crippen molar-refractivity contribution in [3.05, 3.63) is 29.3 Å². The van der Waals surface area contributed by atoms with Gasteiger partial charge in [0.15, 0.2) is 0 Å². The summed E-state index contributed by atoms with van der Waals surface area (Å²) in [4.78, 5) is 1.95. The topological polar surface area (TPSA) is 29.3 Å². The Labute approximate surface area is 98.2 Å². The lowest BCUT2D eigenvalue weighted by Crippen LogP contribution is -2.28. The molecule has 1 aromatic carbocycles. The highest BCUT2D eigenvalue weighted by Gasteiger charge is 2.35. The van der Waals surface area contributed by atoms with E-state index in [-0.39, 0.29) is 12.0 Å². The Hall–Kier alpha value is -1.23. The van der Waals surface area contributed by atoms with Gasteiger partial charge in [-0.25, -0.2) is 0 Å². The van der Waals surface area contributed by atoms with Gasteiger partial charge in [0.2, 0.25) is 0 Å². The van der Waals surface area contributed by atoms with Gasteiger partial charge in [-0.3, -0.25) is 0 Å². The van der Waals surface area contributed by atoms with E-state index in [0.29, 0.717) is 12.1 Å². The van der Waals surface area contributed by atoms with Crippen LogP contribution < -0.4 is 10.6 Å². The summed E-state index contributed by atoms with van der Waals surface area (Å²) in [6.45, 7) is 2.50. The van der Waals surface area contributed by atoms with Crippen LogP contribution in [0.15, 0.2) is 18.2 Å². The molecule has 0 bridgehead atoms. The molecule has 0 aliphatic carbocycles. The van der Waals surface area contributed by atoms with Gasteiger partial charge in [-0.05, 0) is 30.7 Å². The summed E-state index contributed by atoms with van der Waals surface area (Å²) < 4.78 is 37.9. The maximum absolute atomic E-state index is 12.6. The smallest absolute Gasteiger partial charge is 0.374 e. The Bertz CT molecular complexity index is 426. The van der Waals surface area contributed by atoms with Crippen LogP contribution in [0, 0.1) is 0 Å². The maximum atomic E-state index is 12.6. The molecule has 1 heterocycles. The predicted molar refractivity (Wildman–Crippen MR) is 61.1 cm³/mol. The molecule has 0 amide bonds. The highest BCUT2D eigenvalue weighted by atomic mass is 19.4. The van der Waals surface area contributed by atoms with Crippen LogP contribution in [0.1, 0.15) is 24.0 Å². The first-order valence-corrected chi connectivity index (χ1v) is 5.48. The van der Waals surface area contributed by atoms with Crippen molar-refractivity contribution in [2.45, 2.75) is 25.1 Å². The van der Waals surface area contributed by atoms with Gasteiger partial charge in [0.05, 0.1) is 5.56 Å². The van der Waals surface area contributed by atoms with Crippen molar-refractivity contribution >= 4 is 5.69 Å². The van der Waals surface area contributed by atoms with E-state index in [2.05, 4.69) is 0 Å². The Morgan fingerprint density at radius 2 is 2.06 bits per heavy atom. The normalized spacial score (nSPS) is 21.5. The van der Waals surface area contributed by atoms with Gasteiger partial charge in [-0.15, -0.1) is 0 Å². The number of nitrogens with two attached hydrogens (primary N) is 1. The SMILES string of the molecule is CC(N)C1CN(C)c2ccc(C(F)(F)F)cc21. The average Bonchev–Trinajstić information content (AvgIpc) is 2.54. The minimum absolute atomic E-state index is 0.0303. The van der Waals surface area contributed by atoms with E-state index >= 15 is 0 Å². The van der Waals surface area contributed by atoms with Crippen molar-refractivity contribution in [1.82, 2.24) is 0 Å². The third-order valence-electron chi connectivity index (χ3n) is 3.27. The second-order valence-corrected chi connectivity index (χ2v) is 4.62. The molecule has 1 aromatic rings. The summed E-state index contributed by atoms with van der Waals surface area (Å²) in [5.41, 5.74) is 6.78. The third-order valence-corrected chi connectivity index (χ3v) is 3.27. The van der Waals surface area contributed by atoms with E-state index in [0.717, 1.165) is 11.8 Å². The lowest BCUT2D eigenvalue weighted by molar-refractivity contribution is -0.137. The molecule has 17 heavy (non-hydrogen) atoms. The molecular formula is C12H15F3N2. The average molecular weight is 244 g/mol. The molecule has 94 valence electrons. The summed E-state index contributed by atoms with van der Waals surface area (Å²) in [5, 5.41) is 0. The molecule has 0 saturated carbocycles. The fraction of sp³-hybridized carbons (Fsp3) is 0.500. The molecule has 2 atom stereocenters. The van der Waals surface area contributed by atoms with E-state index in [9.17, 15) is 13.2 Å². The maximum Gasteiger partial charge on any atom is 0.416 e. The van der Waals surface area contributed by atoms with Crippen molar-refractivity contribution in [1.29, 1.82) is 0 Å². The Kier molecular flexibility index (Phi) is 2.81. The van der Waals surface area contributed by atoms with Crippen molar-refractivity contribution in [3.63, 3.8) is 0 Å². The molecule has 2 unspecified atom stereocenters. The van der Waals surface area contributed by atoms with E-state index < -0.39 is 11.7 Å². The Balaban J connectivity index is 2.47. The van der Waals surface area contributed by atoms with Crippen LogP contribution in [0.2, 0.25) is 0 Å². The highest BCUT2D eigenvalue weighted by Crippen LogP contribution is 2.40. The molecule has 0 fully saturated rings. The largest absolute Gasteiger partial charge is 0.416 e.